The Kier molecular flexibility index (Phi) is 4.95. The van der Waals surface area contributed by atoms with Gasteiger partial charge in [0.15, 0.2) is 0 Å². The molecule has 2 aromatic carbocycles. The van der Waals surface area contributed by atoms with E-state index in [0.717, 1.165) is 28.4 Å². The van der Waals surface area contributed by atoms with Crippen LogP contribution in [0.15, 0.2) is 40.9 Å². The molecule has 0 amide bonds. The van der Waals surface area contributed by atoms with Gasteiger partial charge in [0.25, 0.3) is 0 Å². The zero-order chi connectivity index (χ0) is 14.7. The molecule has 2 rings (SSSR count). The Morgan fingerprint density at radius 1 is 1.05 bits per heavy atom. The van der Waals surface area contributed by atoms with Crippen LogP contribution in [0.2, 0.25) is 0 Å². The lowest BCUT2D eigenvalue weighted by molar-refractivity contribution is 0.623. The Balaban J connectivity index is 2.42. The summed E-state index contributed by atoms with van der Waals surface area (Å²) in [6, 6.07) is 10.6. The maximum Gasteiger partial charge on any atom is 0.123 e. The standard InChI is InChI=1S/C17H19BrFN/c1-3-11-5-6-13(9-12(11)4-2)17(20)15-10-14(19)7-8-16(15)18/h5-10,17H,3-4,20H2,1-2H3. The molecule has 2 aromatic rings. The summed E-state index contributed by atoms with van der Waals surface area (Å²) in [6.07, 6.45) is 2.00. The van der Waals surface area contributed by atoms with Crippen LogP contribution in [0.3, 0.4) is 0 Å². The highest BCUT2D eigenvalue weighted by Gasteiger charge is 2.14. The third-order valence-electron chi connectivity index (χ3n) is 3.64. The van der Waals surface area contributed by atoms with Gasteiger partial charge in [-0.2, -0.15) is 0 Å². The number of aryl methyl sites for hydroxylation is 2. The first kappa shape index (κ1) is 15.2. The molecule has 0 saturated carbocycles. The fourth-order valence-corrected chi connectivity index (χ4v) is 2.94. The molecule has 0 radical (unpaired) electrons. The van der Waals surface area contributed by atoms with Gasteiger partial charge in [-0.1, -0.05) is 48.0 Å². The smallest absolute Gasteiger partial charge is 0.123 e. The first-order valence-electron chi connectivity index (χ1n) is 6.89. The van der Waals surface area contributed by atoms with Crippen molar-refractivity contribution in [3.05, 3.63) is 68.9 Å². The number of halogens is 2. The van der Waals surface area contributed by atoms with Crippen LogP contribution < -0.4 is 5.73 Å². The number of benzene rings is 2. The van der Waals surface area contributed by atoms with E-state index in [4.69, 9.17) is 5.73 Å². The molecule has 0 spiro atoms. The minimum absolute atomic E-state index is 0.264. The Hall–Kier alpha value is -1.19. The van der Waals surface area contributed by atoms with Crippen molar-refractivity contribution in [2.24, 2.45) is 5.73 Å². The maximum atomic E-state index is 13.4. The topological polar surface area (TPSA) is 26.0 Å². The summed E-state index contributed by atoms with van der Waals surface area (Å²) in [6.45, 7) is 4.29. The predicted molar refractivity (Wildman–Crippen MR) is 85.3 cm³/mol. The molecular weight excluding hydrogens is 317 g/mol. The molecule has 0 saturated heterocycles. The monoisotopic (exact) mass is 335 g/mol. The second kappa shape index (κ2) is 6.51. The summed E-state index contributed by atoms with van der Waals surface area (Å²) < 4.78 is 14.2. The largest absolute Gasteiger partial charge is 0.320 e. The number of hydrogen-bond donors (Lipinski definition) is 1. The van der Waals surface area contributed by atoms with Crippen LogP contribution in [0, 0.1) is 5.82 Å². The molecule has 0 fully saturated rings. The molecule has 1 atom stereocenters. The van der Waals surface area contributed by atoms with Crippen molar-refractivity contribution in [1.29, 1.82) is 0 Å². The Bertz CT molecular complexity index is 610. The lowest BCUT2D eigenvalue weighted by Crippen LogP contribution is -2.13. The van der Waals surface area contributed by atoms with Gasteiger partial charge < -0.3 is 5.73 Å². The summed E-state index contributed by atoms with van der Waals surface area (Å²) in [7, 11) is 0. The van der Waals surface area contributed by atoms with E-state index in [2.05, 4.69) is 41.9 Å². The highest BCUT2D eigenvalue weighted by molar-refractivity contribution is 9.10. The lowest BCUT2D eigenvalue weighted by Gasteiger charge is -2.17. The second-order valence-electron chi connectivity index (χ2n) is 4.88. The van der Waals surface area contributed by atoms with E-state index in [1.165, 1.54) is 23.3 Å². The molecule has 0 aliphatic rings. The molecule has 0 aliphatic carbocycles. The van der Waals surface area contributed by atoms with Crippen LogP contribution in [0.1, 0.15) is 42.1 Å². The van der Waals surface area contributed by atoms with E-state index >= 15 is 0 Å². The Morgan fingerprint density at radius 3 is 2.40 bits per heavy atom. The van der Waals surface area contributed by atoms with Crippen molar-refractivity contribution in [2.45, 2.75) is 32.7 Å². The summed E-state index contributed by atoms with van der Waals surface area (Å²) in [5, 5.41) is 0. The van der Waals surface area contributed by atoms with E-state index < -0.39 is 0 Å². The van der Waals surface area contributed by atoms with Crippen molar-refractivity contribution in [3.8, 4) is 0 Å². The molecule has 0 aromatic heterocycles. The Labute approximate surface area is 128 Å². The van der Waals surface area contributed by atoms with Crippen LogP contribution in [-0.2, 0) is 12.8 Å². The maximum absolute atomic E-state index is 13.4. The minimum atomic E-state index is -0.323. The minimum Gasteiger partial charge on any atom is -0.320 e. The first-order valence-corrected chi connectivity index (χ1v) is 7.68. The molecule has 1 unspecified atom stereocenters. The van der Waals surface area contributed by atoms with E-state index in [1.54, 1.807) is 6.07 Å². The number of nitrogens with two attached hydrogens (primary N) is 1. The van der Waals surface area contributed by atoms with Crippen LogP contribution in [0.5, 0.6) is 0 Å². The van der Waals surface area contributed by atoms with E-state index in [1.807, 2.05) is 6.07 Å². The van der Waals surface area contributed by atoms with Crippen molar-refractivity contribution < 1.29 is 4.39 Å². The molecule has 2 N–H and O–H groups in total. The summed E-state index contributed by atoms with van der Waals surface area (Å²) in [4.78, 5) is 0. The van der Waals surface area contributed by atoms with Crippen molar-refractivity contribution in [1.82, 2.24) is 0 Å². The van der Waals surface area contributed by atoms with E-state index in [-0.39, 0.29) is 11.9 Å². The van der Waals surface area contributed by atoms with E-state index in [0.29, 0.717) is 0 Å². The van der Waals surface area contributed by atoms with Gasteiger partial charge in [-0.15, -0.1) is 0 Å². The average Bonchev–Trinajstić information content (AvgIpc) is 2.48. The number of hydrogen-bond acceptors (Lipinski definition) is 1. The zero-order valence-electron chi connectivity index (χ0n) is 11.8. The normalized spacial score (nSPS) is 12.4. The molecule has 106 valence electrons. The summed E-state index contributed by atoms with van der Waals surface area (Å²) >= 11 is 3.45. The van der Waals surface area contributed by atoms with Crippen LogP contribution in [0.25, 0.3) is 0 Å². The lowest BCUT2D eigenvalue weighted by atomic mass is 9.94. The number of rotatable bonds is 4. The average molecular weight is 336 g/mol. The third kappa shape index (κ3) is 3.10. The van der Waals surface area contributed by atoms with Crippen LogP contribution in [-0.4, -0.2) is 0 Å². The molecule has 20 heavy (non-hydrogen) atoms. The van der Waals surface area contributed by atoms with Crippen LogP contribution in [0.4, 0.5) is 4.39 Å². The molecule has 1 nitrogen and oxygen atoms in total. The van der Waals surface area contributed by atoms with Crippen molar-refractivity contribution >= 4 is 15.9 Å². The van der Waals surface area contributed by atoms with Gasteiger partial charge >= 0.3 is 0 Å². The van der Waals surface area contributed by atoms with Gasteiger partial charge in [0.1, 0.15) is 5.82 Å². The first-order chi connectivity index (χ1) is 9.56. The fourth-order valence-electron chi connectivity index (χ4n) is 2.45. The van der Waals surface area contributed by atoms with Crippen molar-refractivity contribution in [3.63, 3.8) is 0 Å². The molecule has 3 heteroatoms. The van der Waals surface area contributed by atoms with Gasteiger partial charge in [-0.05, 0) is 53.3 Å². The van der Waals surface area contributed by atoms with E-state index in [9.17, 15) is 4.39 Å². The van der Waals surface area contributed by atoms with Gasteiger partial charge in [0, 0.05) is 4.47 Å². The molecule has 0 aliphatic heterocycles. The van der Waals surface area contributed by atoms with Gasteiger partial charge in [-0.3, -0.25) is 0 Å². The predicted octanol–water partition coefficient (Wildman–Crippen LogP) is 4.76. The van der Waals surface area contributed by atoms with Gasteiger partial charge in [0.2, 0.25) is 0 Å². The van der Waals surface area contributed by atoms with Gasteiger partial charge in [-0.25, -0.2) is 4.39 Å². The second-order valence-corrected chi connectivity index (χ2v) is 5.73. The quantitative estimate of drug-likeness (QED) is 0.856. The summed E-state index contributed by atoms with van der Waals surface area (Å²) in [5.41, 5.74) is 10.8. The molecule has 0 bridgehead atoms. The zero-order valence-corrected chi connectivity index (χ0v) is 13.4. The molecular formula is C17H19BrFN. The molecule has 0 heterocycles. The van der Waals surface area contributed by atoms with Crippen LogP contribution >= 0.6 is 15.9 Å². The van der Waals surface area contributed by atoms with Gasteiger partial charge in [0.05, 0.1) is 6.04 Å². The highest BCUT2D eigenvalue weighted by atomic mass is 79.9. The Morgan fingerprint density at radius 2 is 1.75 bits per heavy atom. The van der Waals surface area contributed by atoms with Crippen molar-refractivity contribution in [2.75, 3.05) is 0 Å². The highest BCUT2D eigenvalue weighted by Crippen LogP contribution is 2.29. The SMILES string of the molecule is CCc1ccc(C(N)c2cc(F)ccc2Br)cc1CC. The third-order valence-corrected chi connectivity index (χ3v) is 4.37. The fraction of sp³-hybridized carbons (Fsp3) is 0.294. The summed E-state index contributed by atoms with van der Waals surface area (Å²) in [5.74, 6) is -0.264.